The molecule has 3 fully saturated rings. The van der Waals surface area contributed by atoms with Gasteiger partial charge in [-0.15, -0.1) is 0 Å². The maximum Gasteiger partial charge on any atom is 0.0611 e. The lowest BCUT2D eigenvalue weighted by molar-refractivity contribution is 0.0245. The Hall–Kier alpha value is -0.120. The van der Waals surface area contributed by atoms with Gasteiger partial charge in [0, 0.05) is 17.6 Å². The van der Waals surface area contributed by atoms with Crippen molar-refractivity contribution in [3.8, 4) is 0 Å². The minimum absolute atomic E-state index is 0.158. The topological polar surface area (TPSA) is 49.5 Å². The minimum Gasteiger partial charge on any atom is -0.394 e. The van der Waals surface area contributed by atoms with Gasteiger partial charge in [-0.2, -0.15) is 0 Å². The van der Waals surface area contributed by atoms with Gasteiger partial charge in [-0.3, -0.25) is 4.90 Å². The zero-order valence-corrected chi connectivity index (χ0v) is 11.5. The molecular formula is C15H28N2O. The predicted molar refractivity (Wildman–Crippen MR) is 73.3 cm³/mol. The van der Waals surface area contributed by atoms with Crippen LogP contribution in [0.1, 0.15) is 57.8 Å². The second-order valence-corrected chi connectivity index (χ2v) is 6.91. The first-order chi connectivity index (χ1) is 8.72. The summed E-state index contributed by atoms with van der Waals surface area (Å²) in [4.78, 5) is 2.78. The molecule has 4 unspecified atom stereocenters. The number of likely N-dealkylation sites (tertiary alicyclic amines) is 1. The van der Waals surface area contributed by atoms with Crippen molar-refractivity contribution in [2.75, 3.05) is 13.2 Å². The van der Waals surface area contributed by atoms with Crippen LogP contribution in [0.3, 0.4) is 0 Å². The van der Waals surface area contributed by atoms with E-state index in [0.29, 0.717) is 6.04 Å². The minimum atomic E-state index is -0.285. The van der Waals surface area contributed by atoms with Gasteiger partial charge in [0.15, 0.2) is 0 Å². The van der Waals surface area contributed by atoms with E-state index in [1.807, 2.05) is 0 Å². The third kappa shape index (κ3) is 2.33. The summed E-state index contributed by atoms with van der Waals surface area (Å²) < 4.78 is 0. The SMILES string of the molecule is NC1(CO)CCC(N2CCCC3CCCCC32)C1. The first-order valence-electron chi connectivity index (χ1n) is 7.87. The summed E-state index contributed by atoms with van der Waals surface area (Å²) in [5, 5.41) is 9.43. The van der Waals surface area contributed by atoms with Crippen molar-refractivity contribution in [1.82, 2.24) is 4.90 Å². The molecule has 0 bridgehead atoms. The molecule has 0 aromatic heterocycles. The van der Waals surface area contributed by atoms with Crippen molar-refractivity contribution in [3.63, 3.8) is 0 Å². The predicted octanol–water partition coefficient (Wildman–Crippen LogP) is 1.88. The van der Waals surface area contributed by atoms with Crippen molar-refractivity contribution in [1.29, 1.82) is 0 Å². The average molecular weight is 252 g/mol. The van der Waals surface area contributed by atoms with Crippen molar-refractivity contribution in [3.05, 3.63) is 0 Å². The standard InChI is InChI=1S/C15H28N2O/c16-15(11-18)8-7-13(10-15)17-9-3-5-12-4-1-2-6-14(12)17/h12-14,18H,1-11,16H2. The van der Waals surface area contributed by atoms with Gasteiger partial charge in [-0.1, -0.05) is 12.8 Å². The van der Waals surface area contributed by atoms with Gasteiger partial charge in [-0.05, 0) is 57.4 Å². The van der Waals surface area contributed by atoms with Crippen molar-refractivity contribution in [2.24, 2.45) is 11.7 Å². The number of fused-ring (bicyclic) bond motifs is 1. The fraction of sp³-hybridized carbons (Fsp3) is 1.00. The van der Waals surface area contributed by atoms with Gasteiger partial charge < -0.3 is 10.8 Å². The maximum absolute atomic E-state index is 9.43. The molecule has 104 valence electrons. The van der Waals surface area contributed by atoms with E-state index in [9.17, 15) is 5.11 Å². The van der Waals surface area contributed by atoms with Crippen LogP contribution < -0.4 is 5.73 Å². The molecule has 0 radical (unpaired) electrons. The van der Waals surface area contributed by atoms with Crippen LogP contribution in [0.2, 0.25) is 0 Å². The smallest absolute Gasteiger partial charge is 0.0611 e. The molecule has 3 nitrogen and oxygen atoms in total. The molecule has 3 N–H and O–H groups in total. The zero-order valence-electron chi connectivity index (χ0n) is 11.5. The maximum atomic E-state index is 9.43. The highest BCUT2D eigenvalue weighted by Crippen LogP contribution is 2.40. The van der Waals surface area contributed by atoms with Crippen molar-refractivity contribution in [2.45, 2.75) is 75.4 Å². The average Bonchev–Trinajstić information content (AvgIpc) is 2.81. The second kappa shape index (κ2) is 5.10. The van der Waals surface area contributed by atoms with Gasteiger partial charge in [0.1, 0.15) is 0 Å². The van der Waals surface area contributed by atoms with E-state index in [1.54, 1.807) is 0 Å². The fourth-order valence-corrected chi connectivity index (χ4v) is 4.67. The van der Waals surface area contributed by atoms with Crippen LogP contribution in [-0.2, 0) is 0 Å². The lowest BCUT2D eigenvalue weighted by atomic mass is 9.77. The van der Waals surface area contributed by atoms with E-state index < -0.39 is 0 Å². The van der Waals surface area contributed by atoms with E-state index >= 15 is 0 Å². The molecule has 4 atom stereocenters. The van der Waals surface area contributed by atoms with Crippen molar-refractivity contribution >= 4 is 0 Å². The molecule has 2 aliphatic carbocycles. The molecule has 2 saturated carbocycles. The molecular weight excluding hydrogens is 224 g/mol. The van der Waals surface area contributed by atoms with E-state index in [-0.39, 0.29) is 12.1 Å². The molecule has 3 aliphatic rings. The Labute approximate surface area is 111 Å². The molecule has 0 aromatic rings. The summed E-state index contributed by atoms with van der Waals surface area (Å²) in [6.07, 6.45) is 11.7. The number of nitrogens with zero attached hydrogens (tertiary/aromatic N) is 1. The van der Waals surface area contributed by atoms with Gasteiger partial charge >= 0.3 is 0 Å². The zero-order chi connectivity index (χ0) is 12.6. The Morgan fingerprint density at radius 1 is 1.11 bits per heavy atom. The molecule has 1 heterocycles. The summed E-state index contributed by atoms with van der Waals surface area (Å²) in [6, 6.07) is 1.48. The molecule has 1 aliphatic heterocycles. The fourth-order valence-electron chi connectivity index (χ4n) is 4.67. The molecule has 0 amide bonds. The first kappa shape index (κ1) is 12.9. The quantitative estimate of drug-likeness (QED) is 0.789. The number of rotatable bonds is 2. The Morgan fingerprint density at radius 3 is 2.67 bits per heavy atom. The molecule has 3 rings (SSSR count). The number of hydrogen-bond acceptors (Lipinski definition) is 3. The van der Waals surface area contributed by atoms with Gasteiger partial charge in [0.2, 0.25) is 0 Å². The van der Waals surface area contributed by atoms with E-state index in [0.717, 1.165) is 24.8 Å². The summed E-state index contributed by atoms with van der Waals surface area (Å²) >= 11 is 0. The monoisotopic (exact) mass is 252 g/mol. The van der Waals surface area contributed by atoms with Crippen LogP contribution in [-0.4, -0.2) is 40.8 Å². The van der Waals surface area contributed by atoms with Crippen LogP contribution in [0.15, 0.2) is 0 Å². The largest absolute Gasteiger partial charge is 0.394 e. The Kier molecular flexibility index (Phi) is 3.65. The Bertz CT molecular complexity index is 294. The molecule has 18 heavy (non-hydrogen) atoms. The van der Waals surface area contributed by atoms with Crippen LogP contribution in [0.4, 0.5) is 0 Å². The number of hydrogen-bond donors (Lipinski definition) is 2. The Morgan fingerprint density at radius 2 is 1.89 bits per heavy atom. The highest BCUT2D eigenvalue weighted by atomic mass is 16.3. The lowest BCUT2D eigenvalue weighted by Gasteiger charge is -2.47. The van der Waals surface area contributed by atoms with Gasteiger partial charge in [0.05, 0.1) is 6.61 Å². The molecule has 3 heteroatoms. The number of piperidine rings is 1. The highest BCUT2D eigenvalue weighted by Gasteiger charge is 2.42. The number of aliphatic hydroxyl groups is 1. The van der Waals surface area contributed by atoms with Crippen LogP contribution in [0.5, 0.6) is 0 Å². The number of nitrogens with two attached hydrogens (primary N) is 1. The molecule has 1 saturated heterocycles. The van der Waals surface area contributed by atoms with Crippen LogP contribution in [0.25, 0.3) is 0 Å². The summed E-state index contributed by atoms with van der Waals surface area (Å²) in [5.41, 5.74) is 5.96. The van der Waals surface area contributed by atoms with E-state index in [2.05, 4.69) is 4.90 Å². The summed E-state index contributed by atoms with van der Waals surface area (Å²) in [7, 11) is 0. The molecule has 0 aromatic carbocycles. The summed E-state index contributed by atoms with van der Waals surface area (Å²) in [5.74, 6) is 0.953. The Balaban J connectivity index is 1.68. The third-order valence-corrected chi connectivity index (χ3v) is 5.69. The normalized spacial score (nSPS) is 46.0. The van der Waals surface area contributed by atoms with Crippen molar-refractivity contribution < 1.29 is 5.11 Å². The van der Waals surface area contributed by atoms with Crippen LogP contribution in [0, 0.1) is 5.92 Å². The lowest BCUT2D eigenvalue weighted by Crippen LogP contribution is -2.52. The highest BCUT2D eigenvalue weighted by molar-refractivity contribution is 5.00. The van der Waals surface area contributed by atoms with E-state index in [1.165, 1.54) is 51.5 Å². The number of aliphatic hydroxyl groups excluding tert-OH is 1. The first-order valence-corrected chi connectivity index (χ1v) is 7.87. The van der Waals surface area contributed by atoms with E-state index in [4.69, 9.17) is 5.73 Å². The van der Waals surface area contributed by atoms with Gasteiger partial charge in [0.25, 0.3) is 0 Å². The van der Waals surface area contributed by atoms with Gasteiger partial charge in [-0.25, -0.2) is 0 Å². The second-order valence-electron chi connectivity index (χ2n) is 6.91. The molecule has 0 spiro atoms. The third-order valence-electron chi connectivity index (χ3n) is 5.69. The van der Waals surface area contributed by atoms with Crippen LogP contribution >= 0.6 is 0 Å². The summed E-state index contributed by atoms with van der Waals surface area (Å²) in [6.45, 7) is 1.43.